The molecular formula is C16H21N3O2S. The normalized spacial score (nSPS) is 16.7. The third-order valence-corrected chi connectivity index (χ3v) is 4.97. The number of carbonyl (C=O) groups is 1. The number of nitrogens with zero attached hydrogens (tertiary/aromatic N) is 3. The highest BCUT2D eigenvalue weighted by atomic mass is 32.1. The summed E-state index contributed by atoms with van der Waals surface area (Å²) in [4.78, 5) is 21.3. The van der Waals surface area contributed by atoms with Crippen molar-refractivity contribution in [3.8, 4) is 0 Å². The minimum absolute atomic E-state index is 0.0672. The van der Waals surface area contributed by atoms with E-state index in [1.165, 1.54) is 11.3 Å². The second kappa shape index (κ2) is 7.07. The summed E-state index contributed by atoms with van der Waals surface area (Å²) in [6.45, 7) is 6.47. The van der Waals surface area contributed by atoms with Crippen LogP contribution in [-0.4, -0.2) is 46.9 Å². The first kappa shape index (κ1) is 15.2. The van der Waals surface area contributed by atoms with Crippen LogP contribution in [0.1, 0.15) is 34.4 Å². The molecule has 3 rings (SSSR count). The van der Waals surface area contributed by atoms with Crippen molar-refractivity contribution >= 4 is 17.2 Å². The molecule has 1 fully saturated rings. The molecule has 0 unspecified atom stereocenters. The smallest absolute Gasteiger partial charge is 0.257 e. The molecule has 0 aliphatic carbocycles. The summed E-state index contributed by atoms with van der Waals surface area (Å²) in [5, 5.41) is 3.35. The molecule has 0 bridgehead atoms. The van der Waals surface area contributed by atoms with Crippen LogP contribution in [0.4, 0.5) is 0 Å². The first-order valence-corrected chi connectivity index (χ1v) is 8.61. The predicted molar refractivity (Wildman–Crippen MR) is 86.0 cm³/mol. The summed E-state index contributed by atoms with van der Waals surface area (Å²) >= 11 is 1.73. The number of furan rings is 1. The van der Waals surface area contributed by atoms with Crippen LogP contribution in [0, 0.1) is 0 Å². The van der Waals surface area contributed by atoms with E-state index in [9.17, 15) is 4.79 Å². The Morgan fingerprint density at radius 1 is 1.36 bits per heavy atom. The third-order valence-electron chi connectivity index (χ3n) is 3.93. The molecule has 5 nitrogen and oxygen atoms in total. The molecule has 0 atom stereocenters. The lowest BCUT2D eigenvalue weighted by molar-refractivity contribution is 0.0760. The fourth-order valence-corrected chi connectivity index (χ4v) is 3.45. The summed E-state index contributed by atoms with van der Waals surface area (Å²) in [6, 6.07) is 1.73. The molecule has 1 aliphatic heterocycles. The molecule has 3 heterocycles. The quantitative estimate of drug-likeness (QED) is 0.869. The molecule has 22 heavy (non-hydrogen) atoms. The predicted octanol–water partition coefficient (Wildman–Crippen LogP) is 2.65. The number of hydrogen-bond donors (Lipinski definition) is 0. The zero-order valence-corrected chi connectivity index (χ0v) is 13.6. The number of aromatic nitrogens is 1. The van der Waals surface area contributed by atoms with E-state index in [1.807, 2.05) is 4.90 Å². The van der Waals surface area contributed by atoms with Crippen molar-refractivity contribution in [3.05, 3.63) is 40.2 Å². The van der Waals surface area contributed by atoms with E-state index in [1.54, 1.807) is 23.7 Å². The lowest BCUT2D eigenvalue weighted by atomic mass is 10.3. The Bertz CT molecular complexity index is 609. The van der Waals surface area contributed by atoms with Gasteiger partial charge in [0, 0.05) is 38.1 Å². The van der Waals surface area contributed by atoms with E-state index in [0.29, 0.717) is 5.56 Å². The van der Waals surface area contributed by atoms with Gasteiger partial charge in [0.05, 0.1) is 22.5 Å². The highest BCUT2D eigenvalue weighted by Crippen LogP contribution is 2.15. The molecule has 0 aromatic carbocycles. The minimum Gasteiger partial charge on any atom is -0.472 e. The number of carbonyl (C=O) groups excluding carboxylic acids is 1. The van der Waals surface area contributed by atoms with Gasteiger partial charge in [-0.25, -0.2) is 4.98 Å². The van der Waals surface area contributed by atoms with Crippen LogP contribution in [0.2, 0.25) is 0 Å². The molecule has 1 saturated heterocycles. The molecule has 0 N–H and O–H groups in total. The lowest BCUT2D eigenvalue weighted by Crippen LogP contribution is -2.34. The van der Waals surface area contributed by atoms with Crippen LogP contribution >= 0.6 is 11.3 Å². The summed E-state index contributed by atoms with van der Waals surface area (Å²) in [7, 11) is 0. The van der Waals surface area contributed by atoms with E-state index in [2.05, 4.69) is 22.2 Å². The fourth-order valence-electron chi connectivity index (χ4n) is 2.71. The Labute approximate surface area is 134 Å². The van der Waals surface area contributed by atoms with Crippen LogP contribution < -0.4 is 0 Å². The molecular weight excluding hydrogens is 298 g/mol. The van der Waals surface area contributed by atoms with Crippen molar-refractivity contribution < 1.29 is 9.21 Å². The molecule has 0 saturated carbocycles. The SMILES string of the molecule is CCc1nc(CN2CCCN(C(=O)c3ccoc3)CC2)cs1. The Morgan fingerprint density at radius 3 is 3.00 bits per heavy atom. The maximum absolute atomic E-state index is 12.4. The van der Waals surface area contributed by atoms with Gasteiger partial charge in [0.2, 0.25) is 0 Å². The van der Waals surface area contributed by atoms with Crippen LogP contribution in [0.3, 0.4) is 0 Å². The molecule has 6 heteroatoms. The zero-order valence-electron chi connectivity index (χ0n) is 12.8. The highest BCUT2D eigenvalue weighted by molar-refractivity contribution is 7.09. The third kappa shape index (κ3) is 3.56. The van der Waals surface area contributed by atoms with Crippen LogP contribution in [-0.2, 0) is 13.0 Å². The van der Waals surface area contributed by atoms with Gasteiger partial charge in [-0.2, -0.15) is 0 Å². The Morgan fingerprint density at radius 2 is 2.27 bits per heavy atom. The highest BCUT2D eigenvalue weighted by Gasteiger charge is 2.21. The maximum atomic E-state index is 12.4. The van der Waals surface area contributed by atoms with Gasteiger partial charge < -0.3 is 9.32 Å². The van der Waals surface area contributed by atoms with E-state index < -0.39 is 0 Å². The maximum Gasteiger partial charge on any atom is 0.257 e. The number of thiazole rings is 1. The van der Waals surface area contributed by atoms with E-state index in [0.717, 1.165) is 51.3 Å². The molecule has 0 spiro atoms. The standard InChI is InChI=1S/C16H21N3O2S/c1-2-15-17-14(12-22-15)10-18-5-3-6-19(8-7-18)16(20)13-4-9-21-11-13/h4,9,11-12H,2-3,5-8,10H2,1H3. The molecule has 0 radical (unpaired) electrons. The number of hydrogen-bond acceptors (Lipinski definition) is 5. The van der Waals surface area contributed by atoms with Crippen LogP contribution in [0.5, 0.6) is 0 Å². The van der Waals surface area contributed by atoms with Gasteiger partial charge in [-0.05, 0) is 18.9 Å². The Kier molecular flexibility index (Phi) is 4.90. The fraction of sp³-hybridized carbons (Fsp3) is 0.500. The first-order chi connectivity index (χ1) is 10.8. The van der Waals surface area contributed by atoms with Gasteiger partial charge in [0.25, 0.3) is 5.91 Å². The zero-order chi connectivity index (χ0) is 15.4. The lowest BCUT2D eigenvalue weighted by Gasteiger charge is -2.21. The topological polar surface area (TPSA) is 49.6 Å². The second-order valence-electron chi connectivity index (χ2n) is 5.52. The summed E-state index contributed by atoms with van der Waals surface area (Å²) in [6.07, 6.45) is 5.06. The Hall–Kier alpha value is -1.66. The van der Waals surface area contributed by atoms with Crippen molar-refractivity contribution in [2.45, 2.75) is 26.3 Å². The average molecular weight is 319 g/mol. The van der Waals surface area contributed by atoms with E-state index in [-0.39, 0.29) is 5.91 Å². The average Bonchev–Trinajstić information content (AvgIpc) is 3.16. The monoisotopic (exact) mass is 319 g/mol. The number of amides is 1. The minimum atomic E-state index is 0.0672. The van der Waals surface area contributed by atoms with Crippen molar-refractivity contribution in [1.29, 1.82) is 0 Å². The number of aryl methyl sites for hydroxylation is 1. The molecule has 2 aromatic heterocycles. The molecule has 118 valence electrons. The van der Waals surface area contributed by atoms with Gasteiger partial charge in [-0.3, -0.25) is 9.69 Å². The van der Waals surface area contributed by atoms with Crippen molar-refractivity contribution in [2.75, 3.05) is 26.2 Å². The van der Waals surface area contributed by atoms with Crippen molar-refractivity contribution in [1.82, 2.24) is 14.8 Å². The van der Waals surface area contributed by atoms with Gasteiger partial charge in [-0.15, -0.1) is 11.3 Å². The van der Waals surface area contributed by atoms with E-state index in [4.69, 9.17) is 4.42 Å². The van der Waals surface area contributed by atoms with Gasteiger partial charge in [0.15, 0.2) is 0 Å². The Balaban J connectivity index is 1.56. The summed E-state index contributed by atoms with van der Waals surface area (Å²) in [5.74, 6) is 0.0672. The van der Waals surface area contributed by atoms with Crippen LogP contribution in [0.25, 0.3) is 0 Å². The van der Waals surface area contributed by atoms with Crippen LogP contribution in [0.15, 0.2) is 28.4 Å². The summed E-state index contributed by atoms with van der Waals surface area (Å²) in [5.41, 5.74) is 1.79. The molecule has 2 aromatic rings. The number of rotatable bonds is 4. The van der Waals surface area contributed by atoms with Crippen molar-refractivity contribution in [2.24, 2.45) is 0 Å². The molecule has 1 aliphatic rings. The van der Waals surface area contributed by atoms with E-state index >= 15 is 0 Å². The molecule has 1 amide bonds. The van der Waals surface area contributed by atoms with Gasteiger partial charge >= 0.3 is 0 Å². The van der Waals surface area contributed by atoms with Crippen molar-refractivity contribution in [3.63, 3.8) is 0 Å². The van der Waals surface area contributed by atoms with Gasteiger partial charge in [-0.1, -0.05) is 6.92 Å². The second-order valence-corrected chi connectivity index (χ2v) is 6.46. The summed E-state index contributed by atoms with van der Waals surface area (Å²) < 4.78 is 5.01. The first-order valence-electron chi connectivity index (χ1n) is 7.73. The van der Waals surface area contributed by atoms with Gasteiger partial charge in [0.1, 0.15) is 6.26 Å². The largest absolute Gasteiger partial charge is 0.472 e.